The highest BCUT2D eigenvalue weighted by atomic mass is 16.6. The van der Waals surface area contributed by atoms with Gasteiger partial charge in [0.25, 0.3) is 0 Å². The number of ether oxygens (including phenoxy) is 2. The highest BCUT2D eigenvalue weighted by molar-refractivity contribution is 5.69. The van der Waals surface area contributed by atoms with Crippen LogP contribution in [0.2, 0.25) is 0 Å². The van der Waals surface area contributed by atoms with Crippen molar-refractivity contribution in [1.29, 1.82) is 0 Å². The van der Waals surface area contributed by atoms with Crippen LogP contribution < -0.4 is 0 Å². The fourth-order valence-corrected chi connectivity index (χ4v) is 6.31. The first-order valence-corrected chi connectivity index (χ1v) is 20.4. The lowest BCUT2D eigenvalue weighted by Crippen LogP contribution is -2.30. The summed E-state index contributed by atoms with van der Waals surface area (Å²) in [6, 6.07) is 0. The van der Waals surface area contributed by atoms with E-state index < -0.39 is 6.29 Å². The van der Waals surface area contributed by atoms with Gasteiger partial charge < -0.3 is 24.6 Å². The zero-order chi connectivity index (χ0) is 33.8. The number of carbonyl (C=O) groups is 1. The van der Waals surface area contributed by atoms with Crippen LogP contribution in [-0.2, 0) is 14.3 Å². The third kappa shape index (κ3) is 33.2. The van der Waals surface area contributed by atoms with E-state index in [-0.39, 0.29) is 12.6 Å². The molecule has 0 amide bonds. The third-order valence-corrected chi connectivity index (χ3v) is 9.42. The van der Waals surface area contributed by atoms with Crippen LogP contribution in [0.5, 0.6) is 0 Å². The van der Waals surface area contributed by atoms with E-state index in [0.717, 1.165) is 45.2 Å². The first kappa shape index (κ1) is 45.3. The van der Waals surface area contributed by atoms with Crippen LogP contribution >= 0.6 is 0 Å². The number of carbonyl (C=O) groups excluding carboxylic acids is 1. The fraction of sp³-hybridized carbons (Fsp3) is 0.975. The van der Waals surface area contributed by atoms with E-state index in [1.54, 1.807) is 0 Å². The molecule has 0 aromatic heterocycles. The molecule has 0 aromatic rings. The molecule has 0 heterocycles. The number of unbranched alkanes of at least 4 members (excludes halogenated alkanes) is 19. The Balaban J connectivity index is 4.07. The highest BCUT2D eigenvalue weighted by Gasteiger charge is 2.13. The number of hydrogen-bond acceptors (Lipinski definition) is 6. The molecule has 0 fully saturated rings. The third-order valence-electron chi connectivity index (χ3n) is 9.42. The molecule has 0 aliphatic heterocycles. The Morgan fingerprint density at radius 1 is 0.565 bits per heavy atom. The van der Waals surface area contributed by atoms with Crippen LogP contribution in [0, 0.1) is 5.92 Å². The van der Waals surface area contributed by atoms with Crippen molar-refractivity contribution < 1.29 is 24.5 Å². The van der Waals surface area contributed by atoms with Gasteiger partial charge in [0.05, 0.1) is 13.2 Å². The van der Waals surface area contributed by atoms with E-state index >= 15 is 0 Å². The largest absolute Gasteiger partial charge is 0.465 e. The van der Waals surface area contributed by atoms with Gasteiger partial charge >= 0.3 is 5.97 Å². The second-order valence-electron chi connectivity index (χ2n) is 14.0. The van der Waals surface area contributed by atoms with Gasteiger partial charge in [-0.25, -0.2) is 0 Å². The van der Waals surface area contributed by atoms with E-state index in [4.69, 9.17) is 9.47 Å². The van der Waals surface area contributed by atoms with Crippen molar-refractivity contribution in [3.05, 3.63) is 0 Å². The molecule has 1 unspecified atom stereocenters. The standard InChI is InChI=1S/C40H81NO5/c1-4-7-10-13-16-17-20-26-36-45-39(43)31-27-33-41(34-35-42)32-25-21-24-30-40(44)46-37-38(28-22-18-14-11-8-5-2)29-23-19-15-12-9-6-3/h38-39,42-43H,4-37H2,1-3H3. The SMILES string of the molecule is CCCCCCCCCCOC(O)CCCN(CCO)CCCCCC(=O)OCC(CCCCCCCC)CCCCCCCC. The Morgan fingerprint density at radius 3 is 1.59 bits per heavy atom. The number of hydrogen-bond donors (Lipinski definition) is 2. The predicted octanol–water partition coefficient (Wildman–Crippen LogP) is 10.8. The second-order valence-corrected chi connectivity index (χ2v) is 14.0. The smallest absolute Gasteiger partial charge is 0.305 e. The zero-order valence-corrected chi connectivity index (χ0v) is 31.3. The van der Waals surface area contributed by atoms with E-state index in [9.17, 15) is 15.0 Å². The van der Waals surface area contributed by atoms with Crippen molar-refractivity contribution in [3.63, 3.8) is 0 Å². The molecule has 0 aromatic carbocycles. The van der Waals surface area contributed by atoms with Crippen LogP contribution in [0.1, 0.15) is 201 Å². The number of nitrogens with zero attached hydrogens (tertiary/aromatic N) is 1. The van der Waals surface area contributed by atoms with E-state index in [1.165, 1.54) is 135 Å². The maximum absolute atomic E-state index is 12.5. The van der Waals surface area contributed by atoms with Crippen molar-refractivity contribution >= 4 is 5.97 Å². The number of esters is 1. The lowest BCUT2D eigenvalue weighted by molar-refractivity contribution is -0.145. The number of rotatable bonds is 38. The molecule has 1 atom stereocenters. The molecular weight excluding hydrogens is 574 g/mol. The van der Waals surface area contributed by atoms with Crippen LogP contribution in [0.25, 0.3) is 0 Å². The molecule has 2 N–H and O–H groups in total. The minimum atomic E-state index is -0.692. The molecule has 0 saturated heterocycles. The summed E-state index contributed by atoms with van der Waals surface area (Å²) in [6.07, 6.45) is 32.4. The van der Waals surface area contributed by atoms with E-state index in [2.05, 4.69) is 25.7 Å². The zero-order valence-electron chi connectivity index (χ0n) is 31.3. The van der Waals surface area contributed by atoms with Crippen LogP contribution in [0.4, 0.5) is 0 Å². The van der Waals surface area contributed by atoms with Crippen LogP contribution in [0.3, 0.4) is 0 Å². The summed E-state index contributed by atoms with van der Waals surface area (Å²) in [5.74, 6) is 0.478. The number of aliphatic hydroxyl groups excluding tert-OH is 2. The van der Waals surface area contributed by atoms with E-state index in [1.807, 2.05) is 0 Å². The van der Waals surface area contributed by atoms with Gasteiger partial charge in [-0.05, 0) is 64.0 Å². The van der Waals surface area contributed by atoms with Gasteiger partial charge in [-0.2, -0.15) is 0 Å². The summed E-state index contributed by atoms with van der Waals surface area (Å²) in [6.45, 7) is 10.6. The molecule has 0 spiro atoms. The Labute approximate surface area is 287 Å². The summed E-state index contributed by atoms with van der Waals surface area (Å²) >= 11 is 0. The van der Waals surface area contributed by atoms with Gasteiger partial charge in [0.15, 0.2) is 6.29 Å². The van der Waals surface area contributed by atoms with Gasteiger partial charge in [-0.3, -0.25) is 4.79 Å². The van der Waals surface area contributed by atoms with Gasteiger partial charge in [0.1, 0.15) is 0 Å². The lowest BCUT2D eigenvalue weighted by Gasteiger charge is -2.22. The van der Waals surface area contributed by atoms with Crippen molar-refractivity contribution in [2.75, 3.05) is 39.5 Å². The molecule has 0 aliphatic carbocycles. The molecule has 0 bridgehead atoms. The summed E-state index contributed by atoms with van der Waals surface area (Å²) in [4.78, 5) is 14.8. The fourth-order valence-electron chi connectivity index (χ4n) is 6.31. The quantitative estimate of drug-likeness (QED) is 0.0391. The minimum Gasteiger partial charge on any atom is -0.465 e. The molecule has 46 heavy (non-hydrogen) atoms. The van der Waals surface area contributed by atoms with Gasteiger partial charge in [0.2, 0.25) is 0 Å². The highest BCUT2D eigenvalue weighted by Crippen LogP contribution is 2.20. The summed E-state index contributed by atoms with van der Waals surface area (Å²) in [7, 11) is 0. The van der Waals surface area contributed by atoms with Gasteiger partial charge in [-0.15, -0.1) is 0 Å². The first-order chi connectivity index (χ1) is 22.6. The van der Waals surface area contributed by atoms with E-state index in [0.29, 0.717) is 38.5 Å². The summed E-state index contributed by atoms with van der Waals surface area (Å²) in [5.41, 5.74) is 0. The summed E-state index contributed by atoms with van der Waals surface area (Å²) < 4.78 is 11.4. The van der Waals surface area contributed by atoms with Crippen molar-refractivity contribution in [2.45, 2.75) is 207 Å². The second kappa shape index (κ2) is 37.1. The normalized spacial score (nSPS) is 12.4. The molecule has 0 rings (SSSR count). The van der Waals surface area contributed by atoms with Crippen molar-refractivity contribution in [1.82, 2.24) is 4.90 Å². The molecule has 0 radical (unpaired) electrons. The van der Waals surface area contributed by atoms with Crippen molar-refractivity contribution in [3.8, 4) is 0 Å². The summed E-state index contributed by atoms with van der Waals surface area (Å²) in [5, 5.41) is 19.7. The first-order valence-electron chi connectivity index (χ1n) is 20.4. The monoisotopic (exact) mass is 656 g/mol. The predicted molar refractivity (Wildman–Crippen MR) is 196 cm³/mol. The average molecular weight is 656 g/mol. The molecule has 0 aliphatic rings. The molecule has 6 heteroatoms. The Hall–Kier alpha value is -0.690. The van der Waals surface area contributed by atoms with Crippen LogP contribution in [0.15, 0.2) is 0 Å². The average Bonchev–Trinajstić information content (AvgIpc) is 3.05. The Bertz CT molecular complexity index is 588. The molecule has 0 saturated carbocycles. The Morgan fingerprint density at radius 2 is 1.04 bits per heavy atom. The Kier molecular flexibility index (Phi) is 36.6. The number of aliphatic hydroxyl groups is 2. The van der Waals surface area contributed by atoms with Crippen molar-refractivity contribution in [2.24, 2.45) is 5.92 Å². The maximum Gasteiger partial charge on any atom is 0.305 e. The van der Waals surface area contributed by atoms with Gasteiger partial charge in [-0.1, -0.05) is 149 Å². The minimum absolute atomic E-state index is 0.0379. The molecular formula is C40H81NO5. The molecule has 6 nitrogen and oxygen atoms in total. The van der Waals surface area contributed by atoms with Crippen LogP contribution in [-0.4, -0.2) is 66.8 Å². The van der Waals surface area contributed by atoms with Gasteiger partial charge in [0, 0.05) is 19.6 Å². The lowest BCUT2D eigenvalue weighted by atomic mass is 9.94. The maximum atomic E-state index is 12.5. The topological polar surface area (TPSA) is 79.2 Å². The molecule has 276 valence electrons.